The maximum Gasteiger partial charge on any atom is -0.00731 e. The number of benzene rings is 1. The fourth-order valence-corrected chi connectivity index (χ4v) is 3.33. The lowest BCUT2D eigenvalue weighted by atomic mass is 9.82. The third kappa shape index (κ3) is 24.0. The minimum absolute atomic E-state index is 0.326. The summed E-state index contributed by atoms with van der Waals surface area (Å²) in [7, 11) is 0. The molecular formula is C42H72. The van der Waals surface area contributed by atoms with Gasteiger partial charge < -0.3 is 0 Å². The van der Waals surface area contributed by atoms with E-state index < -0.39 is 0 Å². The average molecular weight is 577 g/mol. The molecule has 240 valence electrons. The molecule has 0 unspecified atom stereocenters. The second kappa shape index (κ2) is 27.2. The van der Waals surface area contributed by atoms with E-state index >= 15 is 0 Å². The molecule has 0 aliphatic heterocycles. The number of hydrogen-bond donors (Lipinski definition) is 0. The Hall–Kier alpha value is -2.60. The molecule has 0 N–H and O–H groups in total. The fourth-order valence-electron chi connectivity index (χ4n) is 3.33. The van der Waals surface area contributed by atoms with Crippen LogP contribution in [0, 0.1) is 0 Å². The predicted octanol–water partition coefficient (Wildman–Crippen LogP) is 14.7. The summed E-state index contributed by atoms with van der Waals surface area (Å²) in [6.07, 6.45) is 10.2. The molecule has 0 atom stereocenters. The maximum atomic E-state index is 3.94. The molecule has 0 aromatic heterocycles. The Bertz CT molecular complexity index is 975. The number of allylic oxidation sites excluding steroid dienone is 10. The first-order valence-corrected chi connectivity index (χ1v) is 16.2. The summed E-state index contributed by atoms with van der Waals surface area (Å²) >= 11 is 0. The molecule has 42 heavy (non-hydrogen) atoms. The zero-order chi connectivity index (χ0) is 34.1. The van der Waals surface area contributed by atoms with Gasteiger partial charge in [-0.1, -0.05) is 159 Å². The van der Waals surface area contributed by atoms with E-state index in [4.69, 9.17) is 0 Å². The number of rotatable bonds is 10. The van der Waals surface area contributed by atoms with E-state index in [-0.39, 0.29) is 0 Å². The van der Waals surface area contributed by atoms with Gasteiger partial charge in [-0.2, -0.15) is 0 Å². The summed E-state index contributed by atoms with van der Waals surface area (Å²) in [6, 6.07) is 9.02. The lowest BCUT2D eigenvalue weighted by molar-refractivity contribution is 0.506. The van der Waals surface area contributed by atoms with Crippen LogP contribution in [0.15, 0.2) is 107 Å². The molecule has 0 radical (unpaired) electrons. The first kappa shape index (κ1) is 46.4. The van der Waals surface area contributed by atoms with Crippen molar-refractivity contribution in [2.24, 2.45) is 0 Å². The van der Waals surface area contributed by atoms with Gasteiger partial charge in [0.2, 0.25) is 0 Å². The summed E-state index contributed by atoms with van der Waals surface area (Å²) in [5.41, 5.74) is 12.9. The summed E-state index contributed by atoms with van der Waals surface area (Å²) in [6.45, 7) is 49.4. The van der Waals surface area contributed by atoms with E-state index in [2.05, 4.69) is 126 Å². The summed E-state index contributed by atoms with van der Waals surface area (Å²) in [4.78, 5) is 0. The van der Waals surface area contributed by atoms with Gasteiger partial charge in [0.1, 0.15) is 0 Å². The molecule has 0 nitrogen and oxygen atoms in total. The zero-order valence-corrected chi connectivity index (χ0v) is 31.3. The molecule has 0 spiro atoms. The molecule has 0 saturated heterocycles. The average Bonchev–Trinajstić information content (AvgIpc) is 2.94. The Morgan fingerprint density at radius 3 is 1.36 bits per heavy atom. The van der Waals surface area contributed by atoms with Crippen molar-refractivity contribution in [1.82, 2.24) is 0 Å². The van der Waals surface area contributed by atoms with E-state index in [0.29, 0.717) is 5.41 Å². The van der Waals surface area contributed by atoms with Gasteiger partial charge in [-0.25, -0.2) is 0 Å². The lowest BCUT2D eigenvalue weighted by Gasteiger charge is -2.23. The van der Waals surface area contributed by atoms with Crippen LogP contribution in [0.3, 0.4) is 0 Å². The second-order valence-corrected chi connectivity index (χ2v) is 11.8. The Kier molecular flexibility index (Phi) is 30.1. The van der Waals surface area contributed by atoms with Gasteiger partial charge in [0.05, 0.1) is 0 Å². The van der Waals surface area contributed by atoms with Gasteiger partial charge in [0.15, 0.2) is 0 Å². The van der Waals surface area contributed by atoms with Crippen molar-refractivity contribution in [1.29, 1.82) is 0 Å². The van der Waals surface area contributed by atoms with Gasteiger partial charge in [0.25, 0.3) is 0 Å². The maximum absolute atomic E-state index is 3.94. The van der Waals surface area contributed by atoms with Crippen molar-refractivity contribution in [2.45, 2.75) is 148 Å². The Labute approximate surface area is 266 Å². The Morgan fingerprint density at radius 1 is 0.714 bits per heavy atom. The topological polar surface area (TPSA) is 0 Å². The minimum Gasteiger partial charge on any atom is -0.0998 e. The molecule has 0 saturated carbocycles. The van der Waals surface area contributed by atoms with Crippen LogP contribution < -0.4 is 0 Å². The van der Waals surface area contributed by atoms with Gasteiger partial charge in [0, 0.05) is 0 Å². The first-order valence-electron chi connectivity index (χ1n) is 16.2. The van der Waals surface area contributed by atoms with Gasteiger partial charge in [-0.05, 0) is 108 Å². The van der Waals surface area contributed by atoms with E-state index in [1.165, 1.54) is 58.3 Å². The van der Waals surface area contributed by atoms with E-state index in [0.717, 1.165) is 29.6 Å². The molecule has 0 heteroatoms. The van der Waals surface area contributed by atoms with Crippen molar-refractivity contribution in [3.05, 3.63) is 118 Å². The van der Waals surface area contributed by atoms with Crippen molar-refractivity contribution >= 4 is 0 Å². The van der Waals surface area contributed by atoms with Crippen molar-refractivity contribution in [3.8, 4) is 0 Å². The van der Waals surface area contributed by atoms with Gasteiger partial charge in [-0.15, -0.1) is 0 Å². The van der Waals surface area contributed by atoms with Crippen LogP contribution in [0.5, 0.6) is 0 Å². The van der Waals surface area contributed by atoms with Crippen molar-refractivity contribution in [2.75, 3.05) is 0 Å². The third-order valence-corrected chi connectivity index (χ3v) is 6.93. The number of unbranched alkanes of at least 4 members (excludes halogenated alkanes) is 1. The highest BCUT2D eigenvalue weighted by Gasteiger charge is 2.17. The van der Waals surface area contributed by atoms with Crippen LogP contribution in [-0.4, -0.2) is 0 Å². The summed E-state index contributed by atoms with van der Waals surface area (Å²) in [5.74, 6) is 0. The standard InChI is InChI=1S/C14H22.C13H20.C9H14.C4H10.C2H6/c1-10(2)8-14(12(5)6)9-13(7)11(3)4;1-5-11-7-9-12(10-8-11)13(3,4)6-2;1-6-9(7(2)3)8(4)5;1-3-4-2;1-2/h9H,1,3,8H2,2,4-7H3;7-10H,5-6H2,1-4H3;6H,2,4H2,1,3,5H3;3-4H2,1-2H3;1-2H3/b13-9+;;;;. The second-order valence-electron chi connectivity index (χ2n) is 11.8. The molecule has 1 aromatic carbocycles. The molecule has 0 aliphatic carbocycles. The molecule has 0 heterocycles. The van der Waals surface area contributed by atoms with Crippen LogP contribution in [0.25, 0.3) is 0 Å². The molecule has 1 aromatic rings. The van der Waals surface area contributed by atoms with E-state index in [1.807, 2.05) is 47.6 Å². The van der Waals surface area contributed by atoms with Crippen LogP contribution in [0.2, 0.25) is 0 Å². The first-order chi connectivity index (χ1) is 19.4. The fraction of sp³-hybridized carbons (Fsp3) is 0.524. The van der Waals surface area contributed by atoms with Crippen molar-refractivity contribution in [3.63, 3.8) is 0 Å². The van der Waals surface area contributed by atoms with Gasteiger partial charge >= 0.3 is 0 Å². The SMILES string of the molecule is C=C(C)C(=CC)C(=C)C.C=C(C)CC(/C=C(\C)C(=C)C)=C(C)C.CC.CCCC.CCc1ccc(C(C)(C)CC)cc1. The molecular weight excluding hydrogens is 504 g/mol. The molecule has 1 rings (SSSR count). The largest absolute Gasteiger partial charge is 0.0998 e. The van der Waals surface area contributed by atoms with E-state index in [9.17, 15) is 0 Å². The highest BCUT2D eigenvalue weighted by molar-refractivity contribution is 5.41. The highest BCUT2D eigenvalue weighted by atomic mass is 14.2. The quantitative estimate of drug-likeness (QED) is 0.192. The molecule has 0 amide bonds. The highest BCUT2D eigenvalue weighted by Crippen LogP contribution is 2.26. The molecule has 0 fully saturated rings. The minimum atomic E-state index is 0.326. The predicted molar refractivity (Wildman–Crippen MR) is 201 cm³/mol. The van der Waals surface area contributed by atoms with Crippen LogP contribution in [-0.2, 0) is 11.8 Å². The number of aryl methyl sites for hydroxylation is 1. The lowest BCUT2D eigenvalue weighted by Crippen LogP contribution is -2.15. The summed E-state index contributed by atoms with van der Waals surface area (Å²) in [5, 5.41) is 0. The van der Waals surface area contributed by atoms with Gasteiger partial charge in [-0.3, -0.25) is 0 Å². The van der Waals surface area contributed by atoms with E-state index in [1.54, 1.807) is 0 Å². The number of hydrogen-bond acceptors (Lipinski definition) is 0. The van der Waals surface area contributed by atoms with Crippen LogP contribution in [0.1, 0.15) is 148 Å². The smallest absolute Gasteiger partial charge is 0.00731 e. The van der Waals surface area contributed by atoms with Crippen LogP contribution in [0.4, 0.5) is 0 Å². The third-order valence-electron chi connectivity index (χ3n) is 6.93. The summed E-state index contributed by atoms with van der Waals surface area (Å²) < 4.78 is 0. The Balaban J connectivity index is -0.000000239. The molecule has 0 aliphatic rings. The Morgan fingerprint density at radius 2 is 1.14 bits per heavy atom. The van der Waals surface area contributed by atoms with Crippen LogP contribution >= 0.6 is 0 Å². The normalized spacial score (nSPS) is 9.95. The zero-order valence-electron chi connectivity index (χ0n) is 31.3. The monoisotopic (exact) mass is 577 g/mol. The van der Waals surface area contributed by atoms with Crippen molar-refractivity contribution < 1.29 is 0 Å². The molecule has 0 bridgehead atoms.